The van der Waals surface area contributed by atoms with Gasteiger partial charge in [-0.3, -0.25) is 9.69 Å². The van der Waals surface area contributed by atoms with Crippen LogP contribution in [0.2, 0.25) is 0 Å². The molecule has 2 rings (SSSR count). The molecule has 0 saturated heterocycles. The van der Waals surface area contributed by atoms with Gasteiger partial charge in [0.05, 0.1) is 18.1 Å². The summed E-state index contributed by atoms with van der Waals surface area (Å²) in [5.41, 5.74) is 1.20. The number of carbonyl (C=O) groups excluding carboxylic acids is 1. The minimum atomic E-state index is -4.82. The number of thioether (sulfide) groups is 1. The highest BCUT2D eigenvalue weighted by atomic mass is 32.2. The predicted octanol–water partition coefficient (Wildman–Crippen LogP) is 4.54. The maximum Gasteiger partial charge on any atom is 0.573 e. The smallest absolute Gasteiger partial charge is 0.493 e. The number of hydrazone groups is 1. The number of hydrogen-bond acceptors (Lipinski definition) is 6. The van der Waals surface area contributed by atoms with Gasteiger partial charge in [0.1, 0.15) is 6.17 Å². The first kappa shape index (κ1) is 22.4. The van der Waals surface area contributed by atoms with Crippen LogP contribution in [0.1, 0.15) is 32.3 Å². The van der Waals surface area contributed by atoms with Crippen LogP contribution in [-0.2, 0) is 0 Å². The molecule has 1 aliphatic heterocycles. The van der Waals surface area contributed by atoms with Crippen molar-refractivity contribution >= 4 is 22.7 Å². The molecule has 0 fully saturated rings. The molecule has 10 heteroatoms. The summed E-state index contributed by atoms with van der Waals surface area (Å²) in [5.74, 6) is -0.482. The molecule has 0 radical (unpaired) electrons. The van der Waals surface area contributed by atoms with Gasteiger partial charge in [-0.2, -0.15) is 5.10 Å². The van der Waals surface area contributed by atoms with Crippen molar-refractivity contribution in [3.05, 3.63) is 23.8 Å². The van der Waals surface area contributed by atoms with E-state index < -0.39 is 12.1 Å². The Kier molecular flexibility index (Phi) is 7.22. The molecule has 1 heterocycles. The molecular weight excluding hydrogens is 395 g/mol. The number of rotatable bonds is 7. The third-order valence-electron chi connectivity index (χ3n) is 4.25. The summed E-state index contributed by atoms with van der Waals surface area (Å²) in [6.45, 7) is 3.88. The van der Waals surface area contributed by atoms with Crippen LogP contribution in [0.5, 0.6) is 11.5 Å². The number of halogens is 3. The Balaban J connectivity index is 2.48. The van der Waals surface area contributed by atoms with Crippen LogP contribution in [0.15, 0.2) is 23.3 Å². The fourth-order valence-electron chi connectivity index (χ4n) is 2.95. The highest BCUT2D eigenvalue weighted by Gasteiger charge is 2.36. The second-order valence-electron chi connectivity index (χ2n) is 6.38. The van der Waals surface area contributed by atoms with E-state index in [1.165, 1.54) is 30.3 Å². The SMILES string of the molecule is CCC1SC(=O)N(C(CC)N(C)C)N=C1c1ccc(OC(F)(F)F)c(OC)c1. The fourth-order valence-corrected chi connectivity index (χ4v) is 3.93. The van der Waals surface area contributed by atoms with E-state index in [2.05, 4.69) is 9.84 Å². The quantitative estimate of drug-likeness (QED) is 0.649. The number of nitrogens with zero attached hydrogens (tertiary/aromatic N) is 3. The molecule has 0 aliphatic carbocycles. The molecule has 0 bridgehead atoms. The standard InChI is InChI=1S/C18H24F3N3O3S/c1-6-14-16(22-24(17(25)28-14)15(7-2)23(3)4)11-8-9-12(13(10-11)26-5)27-18(19,20)21/h8-10,14-15H,6-7H2,1-5H3. The van der Waals surface area contributed by atoms with Gasteiger partial charge in [-0.1, -0.05) is 25.6 Å². The molecule has 156 valence electrons. The molecular formula is C18H24F3N3O3S. The van der Waals surface area contributed by atoms with Gasteiger partial charge in [-0.25, -0.2) is 5.01 Å². The molecule has 0 spiro atoms. The third-order valence-corrected chi connectivity index (χ3v) is 5.48. The maximum absolute atomic E-state index is 12.6. The number of ether oxygens (including phenoxy) is 2. The number of methoxy groups -OCH3 is 1. The lowest BCUT2D eigenvalue weighted by atomic mass is 10.0. The van der Waals surface area contributed by atoms with Crippen molar-refractivity contribution in [1.82, 2.24) is 9.91 Å². The van der Waals surface area contributed by atoms with Crippen molar-refractivity contribution in [2.45, 2.75) is 44.5 Å². The minimum Gasteiger partial charge on any atom is -0.493 e. The molecule has 28 heavy (non-hydrogen) atoms. The Bertz CT molecular complexity index is 741. The summed E-state index contributed by atoms with van der Waals surface area (Å²) >= 11 is 1.16. The Labute approximate surface area is 166 Å². The van der Waals surface area contributed by atoms with E-state index in [0.29, 0.717) is 24.1 Å². The van der Waals surface area contributed by atoms with Crippen LogP contribution in [-0.4, -0.2) is 59.8 Å². The summed E-state index contributed by atoms with van der Waals surface area (Å²) in [6.07, 6.45) is -3.72. The van der Waals surface area contributed by atoms with Gasteiger partial charge in [0, 0.05) is 5.56 Å². The highest BCUT2D eigenvalue weighted by molar-refractivity contribution is 8.14. The summed E-state index contributed by atoms with van der Waals surface area (Å²) in [7, 11) is 4.99. The Morgan fingerprint density at radius 2 is 1.96 bits per heavy atom. The van der Waals surface area contributed by atoms with E-state index in [4.69, 9.17) is 4.74 Å². The van der Waals surface area contributed by atoms with Crippen molar-refractivity contribution in [2.75, 3.05) is 21.2 Å². The fraction of sp³-hybridized carbons (Fsp3) is 0.556. The zero-order valence-electron chi connectivity index (χ0n) is 16.4. The van der Waals surface area contributed by atoms with Crippen molar-refractivity contribution in [3.63, 3.8) is 0 Å². The van der Waals surface area contributed by atoms with Gasteiger partial charge < -0.3 is 9.47 Å². The van der Waals surface area contributed by atoms with Gasteiger partial charge in [-0.15, -0.1) is 13.2 Å². The molecule has 1 aromatic carbocycles. The van der Waals surface area contributed by atoms with Crippen LogP contribution < -0.4 is 9.47 Å². The normalized spacial score (nSPS) is 18.9. The molecule has 2 unspecified atom stereocenters. The van der Waals surface area contributed by atoms with Gasteiger partial charge in [0.2, 0.25) is 0 Å². The molecule has 0 saturated carbocycles. The van der Waals surface area contributed by atoms with Gasteiger partial charge >= 0.3 is 11.6 Å². The number of amides is 1. The zero-order valence-corrected chi connectivity index (χ0v) is 17.2. The lowest BCUT2D eigenvalue weighted by molar-refractivity contribution is -0.275. The topological polar surface area (TPSA) is 54.4 Å². The van der Waals surface area contributed by atoms with Crippen molar-refractivity contribution in [1.29, 1.82) is 0 Å². The summed E-state index contributed by atoms with van der Waals surface area (Å²) in [4.78, 5) is 14.5. The summed E-state index contributed by atoms with van der Waals surface area (Å²) < 4.78 is 46.8. The molecule has 6 nitrogen and oxygen atoms in total. The summed E-state index contributed by atoms with van der Waals surface area (Å²) in [5, 5.41) is 5.65. The van der Waals surface area contributed by atoms with E-state index in [0.717, 1.165) is 11.8 Å². The minimum absolute atomic E-state index is 0.0551. The number of carbonyl (C=O) groups is 1. The predicted molar refractivity (Wildman–Crippen MR) is 103 cm³/mol. The van der Waals surface area contributed by atoms with Crippen molar-refractivity contribution in [3.8, 4) is 11.5 Å². The van der Waals surface area contributed by atoms with Crippen LogP contribution >= 0.6 is 11.8 Å². The van der Waals surface area contributed by atoms with Crippen molar-refractivity contribution < 1.29 is 27.4 Å². The Morgan fingerprint density at radius 3 is 2.46 bits per heavy atom. The second-order valence-corrected chi connectivity index (χ2v) is 7.53. The van der Waals surface area contributed by atoms with Crippen LogP contribution in [0.3, 0.4) is 0 Å². The largest absolute Gasteiger partial charge is 0.573 e. The lowest BCUT2D eigenvalue weighted by Crippen LogP contribution is -2.47. The first-order valence-electron chi connectivity index (χ1n) is 8.80. The number of benzene rings is 1. The molecule has 1 aliphatic rings. The highest BCUT2D eigenvalue weighted by Crippen LogP contribution is 2.36. The number of hydrogen-bond donors (Lipinski definition) is 0. The molecule has 1 amide bonds. The van der Waals surface area contributed by atoms with Crippen LogP contribution in [0.4, 0.5) is 18.0 Å². The Hall–Kier alpha value is -1.94. The average Bonchev–Trinajstić information content (AvgIpc) is 2.62. The molecule has 1 aromatic rings. The lowest BCUT2D eigenvalue weighted by Gasteiger charge is -2.36. The molecule has 2 atom stereocenters. The maximum atomic E-state index is 12.6. The number of alkyl halides is 3. The first-order valence-corrected chi connectivity index (χ1v) is 9.68. The van der Waals surface area contributed by atoms with Gasteiger partial charge in [-0.05, 0) is 45.1 Å². The first-order chi connectivity index (χ1) is 13.1. The van der Waals surface area contributed by atoms with Crippen LogP contribution in [0, 0.1) is 0 Å². The zero-order chi connectivity index (χ0) is 21.1. The Morgan fingerprint density at radius 1 is 1.29 bits per heavy atom. The monoisotopic (exact) mass is 419 g/mol. The van der Waals surface area contributed by atoms with Gasteiger partial charge in [0.15, 0.2) is 11.5 Å². The van der Waals surface area contributed by atoms with E-state index in [1.807, 2.05) is 32.8 Å². The van der Waals surface area contributed by atoms with E-state index in [-0.39, 0.29) is 22.4 Å². The summed E-state index contributed by atoms with van der Waals surface area (Å²) in [6, 6.07) is 4.15. The van der Waals surface area contributed by atoms with Crippen molar-refractivity contribution in [2.24, 2.45) is 5.10 Å². The van der Waals surface area contributed by atoms with Gasteiger partial charge in [0.25, 0.3) is 0 Å². The molecule has 0 N–H and O–H groups in total. The average molecular weight is 419 g/mol. The van der Waals surface area contributed by atoms with E-state index >= 15 is 0 Å². The van der Waals surface area contributed by atoms with E-state index in [1.54, 1.807) is 0 Å². The van der Waals surface area contributed by atoms with Crippen LogP contribution in [0.25, 0.3) is 0 Å². The third kappa shape index (κ3) is 5.11. The van der Waals surface area contributed by atoms with E-state index in [9.17, 15) is 18.0 Å². The molecule has 0 aromatic heterocycles. The second kappa shape index (κ2) is 9.04.